The lowest BCUT2D eigenvalue weighted by Crippen LogP contribution is -2.08. The Kier molecular flexibility index (Phi) is 5.58. The topological polar surface area (TPSA) is 55.2 Å². The number of nitro groups is 1. The smallest absolute Gasteiger partial charge is 0.271 e. The number of rotatable bonds is 6. The molecule has 4 nitrogen and oxygen atoms in total. The van der Waals surface area contributed by atoms with Gasteiger partial charge in [-0.25, -0.2) is 0 Å². The Morgan fingerprint density at radius 1 is 1.59 bits per heavy atom. The van der Waals surface area contributed by atoms with E-state index in [0.29, 0.717) is 10.3 Å². The van der Waals surface area contributed by atoms with Crippen molar-refractivity contribution in [1.29, 1.82) is 0 Å². The van der Waals surface area contributed by atoms with E-state index < -0.39 is 4.92 Å². The fourth-order valence-electron chi connectivity index (χ4n) is 1.29. The van der Waals surface area contributed by atoms with Crippen molar-refractivity contribution in [2.24, 2.45) is 0 Å². The fraction of sp³-hybridized carbons (Fsp3) is 0.455. The number of benzene rings is 1. The van der Waals surface area contributed by atoms with Crippen LogP contribution in [0.3, 0.4) is 0 Å². The van der Waals surface area contributed by atoms with E-state index in [-0.39, 0.29) is 5.69 Å². The van der Waals surface area contributed by atoms with Crippen molar-refractivity contribution in [2.45, 2.75) is 18.6 Å². The summed E-state index contributed by atoms with van der Waals surface area (Å²) in [6.45, 7) is 2.96. The highest BCUT2D eigenvalue weighted by atomic mass is 35.5. The van der Waals surface area contributed by atoms with E-state index in [9.17, 15) is 10.1 Å². The number of nitrogens with one attached hydrogen (secondary N) is 1. The third-order valence-corrected chi connectivity index (χ3v) is 3.79. The molecular weight excluding hydrogens is 260 g/mol. The lowest BCUT2D eigenvalue weighted by Gasteiger charge is -2.11. The number of nitro benzene ring substituents is 1. The van der Waals surface area contributed by atoms with Gasteiger partial charge in [0.15, 0.2) is 0 Å². The average Bonchev–Trinajstić information content (AvgIpc) is 2.30. The quantitative estimate of drug-likeness (QED) is 0.633. The molecule has 0 fully saturated rings. The van der Waals surface area contributed by atoms with E-state index >= 15 is 0 Å². The summed E-state index contributed by atoms with van der Waals surface area (Å²) in [5.74, 6) is 0. The predicted octanol–water partition coefficient (Wildman–Crippen LogP) is 3.80. The Morgan fingerprint density at radius 2 is 2.29 bits per heavy atom. The van der Waals surface area contributed by atoms with Crippen LogP contribution >= 0.6 is 23.4 Å². The van der Waals surface area contributed by atoms with Crippen LogP contribution in [0.25, 0.3) is 0 Å². The first-order valence-electron chi connectivity index (χ1n) is 5.25. The first-order chi connectivity index (χ1) is 8.04. The van der Waals surface area contributed by atoms with Crippen molar-refractivity contribution in [3.63, 3.8) is 0 Å². The van der Waals surface area contributed by atoms with Gasteiger partial charge in [-0.05, 0) is 18.7 Å². The molecular formula is C11H15ClN2O2S. The van der Waals surface area contributed by atoms with Crippen LogP contribution in [0.1, 0.15) is 13.3 Å². The van der Waals surface area contributed by atoms with Gasteiger partial charge in [0.2, 0.25) is 0 Å². The molecule has 1 aromatic rings. The van der Waals surface area contributed by atoms with Crippen molar-refractivity contribution < 1.29 is 4.92 Å². The first-order valence-corrected chi connectivity index (χ1v) is 6.91. The van der Waals surface area contributed by atoms with Gasteiger partial charge in [0.25, 0.3) is 5.69 Å². The minimum atomic E-state index is -0.453. The van der Waals surface area contributed by atoms with Gasteiger partial charge in [0.1, 0.15) is 0 Å². The van der Waals surface area contributed by atoms with E-state index in [0.717, 1.165) is 18.7 Å². The van der Waals surface area contributed by atoms with Crippen LogP contribution in [0.5, 0.6) is 0 Å². The Balaban J connectivity index is 2.57. The lowest BCUT2D eigenvalue weighted by molar-refractivity contribution is -0.384. The molecule has 1 rings (SSSR count). The molecule has 1 atom stereocenters. The van der Waals surface area contributed by atoms with E-state index in [1.165, 1.54) is 12.1 Å². The first kappa shape index (κ1) is 14.1. The largest absolute Gasteiger partial charge is 0.384 e. The SMILES string of the molecule is CSC(C)CCNc1ccc([N+](=O)[O-])cc1Cl. The molecule has 0 aromatic heterocycles. The van der Waals surface area contributed by atoms with E-state index in [1.54, 1.807) is 6.07 Å². The van der Waals surface area contributed by atoms with Gasteiger partial charge < -0.3 is 5.32 Å². The van der Waals surface area contributed by atoms with Crippen molar-refractivity contribution >= 4 is 34.7 Å². The van der Waals surface area contributed by atoms with Crippen LogP contribution in [-0.2, 0) is 0 Å². The zero-order chi connectivity index (χ0) is 12.8. The van der Waals surface area contributed by atoms with Crippen LogP contribution < -0.4 is 5.32 Å². The normalized spacial score (nSPS) is 12.2. The van der Waals surface area contributed by atoms with Crippen LogP contribution in [0.2, 0.25) is 5.02 Å². The number of hydrogen-bond donors (Lipinski definition) is 1. The molecule has 1 unspecified atom stereocenters. The summed E-state index contributed by atoms with van der Waals surface area (Å²) in [7, 11) is 0. The molecule has 94 valence electrons. The van der Waals surface area contributed by atoms with Gasteiger partial charge in [0, 0.05) is 23.9 Å². The second-order valence-electron chi connectivity index (χ2n) is 3.68. The summed E-state index contributed by atoms with van der Waals surface area (Å²) in [6.07, 6.45) is 3.10. The molecule has 0 spiro atoms. The number of anilines is 1. The minimum absolute atomic E-state index is 0.0121. The summed E-state index contributed by atoms with van der Waals surface area (Å²) in [6, 6.07) is 4.46. The third kappa shape index (κ3) is 4.44. The van der Waals surface area contributed by atoms with Gasteiger partial charge in [-0.2, -0.15) is 11.8 Å². The second-order valence-corrected chi connectivity index (χ2v) is 5.37. The molecule has 0 aliphatic rings. The minimum Gasteiger partial charge on any atom is -0.384 e. The van der Waals surface area contributed by atoms with Gasteiger partial charge in [-0.15, -0.1) is 0 Å². The molecule has 17 heavy (non-hydrogen) atoms. The zero-order valence-electron chi connectivity index (χ0n) is 9.77. The van der Waals surface area contributed by atoms with Crippen LogP contribution in [0.4, 0.5) is 11.4 Å². The standard InChI is InChI=1S/C11H15ClN2O2S/c1-8(17-2)5-6-13-11-4-3-9(14(15)16)7-10(11)12/h3-4,7-8,13H,5-6H2,1-2H3. The van der Waals surface area contributed by atoms with E-state index in [1.807, 2.05) is 11.8 Å². The molecule has 1 N–H and O–H groups in total. The highest BCUT2D eigenvalue weighted by molar-refractivity contribution is 7.99. The number of hydrogen-bond acceptors (Lipinski definition) is 4. The Bertz CT molecular complexity index is 401. The fourth-order valence-corrected chi connectivity index (χ4v) is 1.88. The summed E-state index contributed by atoms with van der Waals surface area (Å²) >= 11 is 7.76. The predicted molar refractivity (Wildman–Crippen MR) is 74.2 cm³/mol. The molecule has 0 aliphatic heterocycles. The van der Waals surface area contributed by atoms with Crippen molar-refractivity contribution in [1.82, 2.24) is 0 Å². The number of halogens is 1. The summed E-state index contributed by atoms with van der Waals surface area (Å²) in [5.41, 5.74) is 0.753. The van der Waals surface area contributed by atoms with Gasteiger partial charge in [-0.1, -0.05) is 18.5 Å². The highest BCUT2D eigenvalue weighted by Crippen LogP contribution is 2.26. The van der Waals surface area contributed by atoms with Crippen molar-refractivity contribution in [3.05, 3.63) is 33.3 Å². The Morgan fingerprint density at radius 3 is 2.82 bits per heavy atom. The lowest BCUT2D eigenvalue weighted by atomic mass is 10.2. The molecule has 0 bridgehead atoms. The molecule has 6 heteroatoms. The van der Waals surface area contributed by atoms with Crippen molar-refractivity contribution in [3.8, 4) is 0 Å². The maximum absolute atomic E-state index is 10.5. The average molecular weight is 275 g/mol. The molecule has 0 saturated carbocycles. The maximum Gasteiger partial charge on any atom is 0.271 e. The molecule has 0 saturated heterocycles. The maximum atomic E-state index is 10.5. The molecule has 0 radical (unpaired) electrons. The Labute approximate surface area is 110 Å². The molecule has 1 aromatic carbocycles. The van der Waals surface area contributed by atoms with Gasteiger partial charge in [0.05, 0.1) is 15.6 Å². The monoisotopic (exact) mass is 274 g/mol. The summed E-state index contributed by atoms with van der Waals surface area (Å²) in [4.78, 5) is 10.1. The van der Waals surface area contributed by atoms with E-state index in [4.69, 9.17) is 11.6 Å². The Hall–Kier alpha value is -0.940. The van der Waals surface area contributed by atoms with Crippen LogP contribution in [0.15, 0.2) is 18.2 Å². The van der Waals surface area contributed by atoms with Crippen LogP contribution in [0, 0.1) is 10.1 Å². The molecule has 0 heterocycles. The second kappa shape index (κ2) is 6.71. The summed E-state index contributed by atoms with van der Waals surface area (Å²) in [5, 5.41) is 14.7. The summed E-state index contributed by atoms with van der Waals surface area (Å²) < 4.78 is 0. The van der Waals surface area contributed by atoms with Crippen LogP contribution in [-0.4, -0.2) is 23.0 Å². The number of non-ortho nitro benzene ring substituents is 1. The van der Waals surface area contributed by atoms with Gasteiger partial charge in [-0.3, -0.25) is 10.1 Å². The van der Waals surface area contributed by atoms with E-state index in [2.05, 4.69) is 18.5 Å². The van der Waals surface area contributed by atoms with Gasteiger partial charge >= 0.3 is 0 Å². The molecule has 0 amide bonds. The molecule has 0 aliphatic carbocycles. The third-order valence-electron chi connectivity index (χ3n) is 2.43. The van der Waals surface area contributed by atoms with Crippen molar-refractivity contribution in [2.75, 3.05) is 18.1 Å². The zero-order valence-corrected chi connectivity index (χ0v) is 11.3. The highest BCUT2D eigenvalue weighted by Gasteiger charge is 2.09. The number of nitrogens with zero attached hydrogens (tertiary/aromatic N) is 1. The number of thioether (sulfide) groups is 1.